The van der Waals surface area contributed by atoms with Gasteiger partial charge in [0.25, 0.3) is 6.08 Å². The Bertz CT molecular complexity index is 1270. The van der Waals surface area contributed by atoms with Crippen molar-refractivity contribution in [3.05, 3.63) is 63.3 Å². The number of thiophene rings is 1. The molecule has 0 aliphatic heterocycles. The van der Waals surface area contributed by atoms with Crippen molar-refractivity contribution in [1.29, 1.82) is 0 Å². The molecule has 0 atom stereocenters. The first-order valence-corrected chi connectivity index (χ1v) is 11.0. The molecule has 196 valence electrons. The Balaban J connectivity index is 0.000000572. The number of halogens is 5. The molecule has 0 amide bonds. The lowest BCUT2D eigenvalue weighted by Gasteiger charge is -2.10. The van der Waals surface area contributed by atoms with Gasteiger partial charge in [-0.1, -0.05) is 0 Å². The third kappa shape index (κ3) is 7.45. The third-order valence-corrected chi connectivity index (χ3v) is 5.79. The maximum absolute atomic E-state index is 12.8. The summed E-state index contributed by atoms with van der Waals surface area (Å²) in [5.74, 6) is -1.43. The molecule has 3 aromatic rings. The summed E-state index contributed by atoms with van der Waals surface area (Å²) in [6.07, 6.45) is -5.14. The number of carboxylic acids is 1. The van der Waals surface area contributed by atoms with Crippen molar-refractivity contribution in [1.82, 2.24) is 19.3 Å². The predicted molar refractivity (Wildman–Crippen MR) is 124 cm³/mol. The molecule has 9 nitrogen and oxygen atoms in total. The van der Waals surface area contributed by atoms with Gasteiger partial charge in [-0.3, -0.25) is 4.57 Å². The van der Waals surface area contributed by atoms with Crippen LogP contribution in [0.3, 0.4) is 0 Å². The van der Waals surface area contributed by atoms with E-state index >= 15 is 0 Å². The molecule has 3 aromatic heterocycles. The maximum atomic E-state index is 12.8. The van der Waals surface area contributed by atoms with Gasteiger partial charge in [-0.25, -0.2) is 19.3 Å². The van der Waals surface area contributed by atoms with E-state index in [1.807, 2.05) is 49.5 Å². The predicted octanol–water partition coefficient (Wildman–Crippen LogP) is 3.33. The maximum Gasteiger partial charge on any atom is 0.490 e. The van der Waals surface area contributed by atoms with Crippen molar-refractivity contribution in [2.45, 2.75) is 26.2 Å². The van der Waals surface area contributed by atoms with Crippen LogP contribution in [0.4, 0.5) is 27.8 Å². The third-order valence-electron chi connectivity index (χ3n) is 4.67. The number of pyridine rings is 1. The van der Waals surface area contributed by atoms with Crippen molar-refractivity contribution < 1.29 is 31.9 Å². The fourth-order valence-corrected chi connectivity index (χ4v) is 3.77. The highest BCUT2D eigenvalue weighted by Gasteiger charge is 2.38. The van der Waals surface area contributed by atoms with E-state index < -0.39 is 23.9 Å². The number of nitrogens with two attached hydrogens (primary N) is 1. The summed E-state index contributed by atoms with van der Waals surface area (Å²) >= 11 is 1.55. The summed E-state index contributed by atoms with van der Waals surface area (Å²) < 4.78 is 59.9. The number of anilines is 1. The molecule has 0 fully saturated rings. The van der Waals surface area contributed by atoms with E-state index in [1.165, 1.54) is 4.57 Å². The largest absolute Gasteiger partial charge is 0.490 e. The van der Waals surface area contributed by atoms with Crippen molar-refractivity contribution in [3.63, 3.8) is 0 Å². The van der Waals surface area contributed by atoms with E-state index in [0.29, 0.717) is 12.4 Å². The number of hydrogen-bond acceptors (Lipinski definition) is 7. The van der Waals surface area contributed by atoms with Gasteiger partial charge in [0.1, 0.15) is 11.6 Å². The Morgan fingerprint density at radius 3 is 2.31 bits per heavy atom. The molecule has 0 saturated heterocycles. The first kappa shape index (κ1) is 28.6. The second-order valence-electron chi connectivity index (χ2n) is 7.51. The number of aryl methyl sites for hydroxylation is 1. The smallest absolute Gasteiger partial charge is 0.475 e. The number of rotatable bonds is 7. The number of aliphatic carboxylic acids is 1. The average Bonchev–Trinajstić information content (AvgIpc) is 3.37. The second-order valence-corrected chi connectivity index (χ2v) is 8.68. The Hall–Kier alpha value is -3.59. The first-order valence-electron chi connectivity index (χ1n) is 10.1. The van der Waals surface area contributed by atoms with Crippen LogP contribution in [0.2, 0.25) is 0 Å². The van der Waals surface area contributed by atoms with E-state index in [9.17, 15) is 26.7 Å². The Labute approximate surface area is 205 Å². The van der Waals surface area contributed by atoms with E-state index in [4.69, 9.17) is 15.6 Å². The second kappa shape index (κ2) is 11.9. The monoisotopic (exact) mass is 534 g/mol. The van der Waals surface area contributed by atoms with Crippen LogP contribution >= 0.6 is 11.3 Å². The molecule has 0 aliphatic carbocycles. The van der Waals surface area contributed by atoms with Gasteiger partial charge in [-0.05, 0) is 31.2 Å². The van der Waals surface area contributed by atoms with Crippen LogP contribution in [-0.4, -0.2) is 57.2 Å². The summed E-state index contributed by atoms with van der Waals surface area (Å²) in [4.78, 5) is 29.8. The van der Waals surface area contributed by atoms with Crippen molar-refractivity contribution in [2.75, 3.05) is 25.5 Å². The van der Waals surface area contributed by atoms with E-state index in [2.05, 4.69) is 10.1 Å². The van der Waals surface area contributed by atoms with Crippen LogP contribution in [0, 0.1) is 6.92 Å². The minimum Gasteiger partial charge on any atom is -0.475 e. The SMILES string of the molecule is Cc1nn(CC(CN)=C(F)F)c(=O)n1Cc1ccc(-c2ccc(N(C)C)nc2)s1.O=C(O)C(F)(F)F. The van der Waals surface area contributed by atoms with E-state index in [0.717, 1.165) is 25.8 Å². The van der Waals surface area contributed by atoms with Crippen molar-refractivity contribution in [2.24, 2.45) is 5.73 Å². The molecule has 0 bridgehead atoms. The van der Waals surface area contributed by atoms with E-state index in [1.54, 1.807) is 18.3 Å². The van der Waals surface area contributed by atoms with Gasteiger partial charge in [-0.2, -0.15) is 27.1 Å². The Morgan fingerprint density at radius 2 is 1.83 bits per heavy atom. The fourth-order valence-electron chi connectivity index (χ4n) is 2.79. The molecule has 36 heavy (non-hydrogen) atoms. The lowest BCUT2D eigenvalue weighted by molar-refractivity contribution is -0.192. The van der Waals surface area contributed by atoms with Crippen molar-refractivity contribution in [3.8, 4) is 10.4 Å². The molecule has 0 spiro atoms. The normalized spacial score (nSPS) is 11.0. The quantitative estimate of drug-likeness (QED) is 0.447. The van der Waals surface area contributed by atoms with Crippen LogP contribution in [0.15, 0.2) is 46.9 Å². The molecule has 15 heteroatoms. The van der Waals surface area contributed by atoms with Gasteiger partial charge in [0, 0.05) is 47.7 Å². The minimum absolute atomic E-state index is 0.302. The summed E-state index contributed by atoms with van der Waals surface area (Å²) in [6, 6.07) is 7.86. The van der Waals surface area contributed by atoms with Gasteiger partial charge >= 0.3 is 17.8 Å². The highest BCUT2D eigenvalue weighted by atomic mass is 32.1. The van der Waals surface area contributed by atoms with Gasteiger partial charge < -0.3 is 15.7 Å². The molecule has 0 unspecified atom stereocenters. The molecule has 0 aromatic carbocycles. The average molecular weight is 535 g/mol. The summed E-state index contributed by atoms with van der Waals surface area (Å²) in [7, 11) is 3.86. The van der Waals surface area contributed by atoms with Crippen LogP contribution in [0.25, 0.3) is 10.4 Å². The number of carbonyl (C=O) groups is 1. The van der Waals surface area contributed by atoms with E-state index in [-0.39, 0.29) is 18.7 Å². The fraction of sp³-hybridized carbons (Fsp3) is 0.333. The zero-order chi connectivity index (χ0) is 27.2. The van der Waals surface area contributed by atoms with Gasteiger partial charge in [-0.15, -0.1) is 11.3 Å². The molecule has 0 aliphatic rings. The summed E-state index contributed by atoms with van der Waals surface area (Å²) in [6.45, 7) is 1.35. The minimum atomic E-state index is -5.08. The topological polar surface area (TPSA) is 119 Å². The summed E-state index contributed by atoms with van der Waals surface area (Å²) in [5.41, 5.74) is 5.57. The zero-order valence-electron chi connectivity index (χ0n) is 19.4. The lowest BCUT2D eigenvalue weighted by Crippen LogP contribution is -2.27. The van der Waals surface area contributed by atoms with Gasteiger partial charge in [0.05, 0.1) is 13.1 Å². The van der Waals surface area contributed by atoms with Crippen LogP contribution < -0.4 is 16.3 Å². The van der Waals surface area contributed by atoms with Crippen LogP contribution in [0.5, 0.6) is 0 Å². The molecule has 3 N–H and O–H groups in total. The molecule has 0 radical (unpaired) electrons. The van der Waals surface area contributed by atoms with Crippen LogP contribution in [0.1, 0.15) is 10.7 Å². The standard InChI is InChI=1S/C19H22F2N6OS.C2HF3O2/c1-12-24-27(10-14(8-22)18(20)21)19(28)26(12)11-15-5-6-16(29-15)13-4-7-17(23-9-13)25(2)3;3-2(4,5)1(6)7/h4-7,9H,8,10-11,22H2,1-3H3;(H,6,7). The number of alkyl halides is 3. The van der Waals surface area contributed by atoms with Crippen LogP contribution in [-0.2, 0) is 17.9 Å². The number of carboxylic acid groups (broad SMARTS) is 1. The number of hydrogen-bond donors (Lipinski definition) is 2. The molecule has 3 rings (SSSR count). The Kier molecular flexibility index (Phi) is 9.47. The highest BCUT2D eigenvalue weighted by Crippen LogP contribution is 2.29. The zero-order valence-corrected chi connectivity index (χ0v) is 20.2. The Morgan fingerprint density at radius 1 is 1.19 bits per heavy atom. The molecule has 3 heterocycles. The van der Waals surface area contributed by atoms with Gasteiger partial charge in [0.2, 0.25) is 0 Å². The first-order chi connectivity index (χ1) is 16.7. The highest BCUT2D eigenvalue weighted by molar-refractivity contribution is 7.15. The molecular formula is C21H23F5N6O3S. The van der Waals surface area contributed by atoms with Gasteiger partial charge in [0.15, 0.2) is 0 Å². The molecular weight excluding hydrogens is 511 g/mol. The molecule has 0 saturated carbocycles. The number of nitrogens with zero attached hydrogens (tertiary/aromatic N) is 5. The van der Waals surface area contributed by atoms with Crippen molar-refractivity contribution >= 4 is 23.1 Å². The summed E-state index contributed by atoms with van der Waals surface area (Å²) in [5, 5.41) is 11.2. The number of aromatic nitrogens is 4. The lowest BCUT2D eigenvalue weighted by atomic mass is 10.2.